The number of esters is 1. The Morgan fingerprint density at radius 1 is 1.02 bits per heavy atom. The van der Waals surface area contributed by atoms with Gasteiger partial charge in [-0.2, -0.15) is 0 Å². The smallest absolute Gasteiger partial charge is 0.408 e. The monoisotopic (exact) mass is 674 g/mol. The van der Waals surface area contributed by atoms with Crippen molar-refractivity contribution in [3.63, 3.8) is 0 Å². The predicted molar refractivity (Wildman–Crippen MR) is 179 cm³/mol. The fourth-order valence-corrected chi connectivity index (χ4v) is 6.18. The first-order chi connectivity index (χ1) is 21.7. The number of methoxy groups -OCH3 is 1. The number of rotatable bonds is 11. The number of carbonyl (C=O) groups excluding carboxylic acids is 4. The van der Waals surface area contributed by atoms with Crippen LogP contribution in [0, 0.1) is 12.3 Å². The second-order valence-electron chi connectivity index (χ2n) is 14.6. The van der Waals surface area contributed by atoms with Gasteiger partial charge in [0, 0.05) is 18.4 Å². The molecule has 2 aromatic rings. The summed E-state index contributed by atoms with van der Waals surface area (Å²) in [6, 6.07) is 4.54. The second-order valence-corrected chi connectivity index (χ2v) is 15.4. The lowest BCUT2D eigenvalue weighted by atomic mass is 9.84. The third-order valence-corrected chi connectivity index (χ3v) is 8.68. The van der Waals surface area contributed by atoms with Gasteiger partial charge in [-0.25, -0.2) is 9.78 Å². The molecule has 2 heterocycles. The lowest BCUT2D eigenvalue weighted by Crippen LogP contribution is -2.59. The lowest BCUT2D eigenvalue weighted by Gasteiger charge is -2.37. The van der Waals surface area contributed by atoms with Gasteiger partial charge in [-0.1, -0.05) is 38.1 Å². The Hall–Kier alpha value is -3.55. The maximum absolute atomic E-state index is 14.3. The van der Waals surface area contributed by atoms with Crippen molar-refractivity contribution < 1.29 is 38.5 Å². The molecule has 0 bridgehead atoms. The first kappa shape index (κ1) is 37.9. The Balaban J connectivity index is 1.94. The molecular weight excluding hydrogens is 624 g/mol. The number of thiazole rings is 1. The minimum absolute atomic E-state index is 0.0762. The summed E-state index contributed by atoms with van der Waals surface area (Å²) in [6.45, 7) is 15.6. The summed E-state index contributed by atoms with van der Waals surface area (Å²) < 4.78 is 16.6. The number of aliphatic hydroxyl groups is 1. The number of hydrogen-bond donors (Lipinski definition) is 3. The van der Waals surface area contributed by atoms with Crippen LogP contribution in [0.3, 0.4) is 0 Å². The van der Waals surface area contributed by atoms with E-state index in [1.54, 1.807) is 40.1 Å². The molecule has 0 unspecified atom stereocenters. The van der Waals surface area contributed by atoms with Crippen LogP contribution in [0.15, 0.2) is 29.8 Å². The molecule has 4 atom stereocenters. The number of carbonyl (C=O) groups is 4. The van der Waals surface area contributed by atoms with Gasteiger partial charge in [-0.3, -0.25) is 14.4 Å². The molecule has 47 heavy (non-hydrogen) atoms. The molecule has 0 saturated carbocycles. The Morgan fingerprint density at radius 2 is 1.66 bits per heavy atom. The quantitative estimate of drug-likeness (QED) is 0.291. The standard InChI is InChI=1S/C34H50N4O8S/c1-20-27(47-19-35-20)22-13-11-21(12-14-22)24(16-26(40)44-10)36-29(41)25-15-23(45-32(2,3)4)17-38(25)30(42)28(34(8,9)18-39)37-31(43)46-33(5,6)7/h11-14,19,23-25,28,39H,15-18H2,1-10H3,(H,36,41)(H,37,43)/t23-,24+,25+,28-/m1/s1. The van der Waals surface area contributed by atoms with E-state index in [1.165, 1.54) is 23.3 Å². The van der Waals surface area contributed by atoms with Gasteiger partial charge in [0.05, 0.1) is 54.0 Å². The third-order valence-electron chi connectivity index (χ3n) is 7.70. The zero-order valence-electron chi connectivity index (χ0n) is 29.1. The van der Waals surface area contributed by atoms with Crippen molar-refractivity contribution in [2.45, 2.75) is 111 Å². The van der Waals surface area contributed by atoms with Crippen LogP contribution in [0.2, 0.25) is 0 Å². The maximum atomic E-state index is 14.3. The van der Waals surface area contributed by atoms with Gasteiger partial charge < -0.3 is 34.9 Å². The van der Waals surface area contributed by atoms with E-state index in [0.29, 0.717) is 5.56 Å². The third kappa shape index (κ3) is 10.5. The van der Waals surface area contributed by atoms with Crippen LogP contribution < -0.4 is 10.6 Å². The number of alkyl carbamates (subject to hydrolysis) is 1. The highest BCUT2D eigenvalue weighted by Crippen LogP contribution is 2.32. The minimum Gasteiger partial charge on any atom is -0.469 e. The molecule has 1 fully saturated rings. The molecule has 3 amide bonds. The number of likely N-dealkylation sites (tertiary alicyclic amines) is 1. The number of nitrogens with zero attached hydrogens (tertiary/aromatic N) is 2. The summed E-state index contributed by atoms with van der Waals surface area (Å²) in [5.41, 5.74) is 1.83. The SMILES string of the molecule is COC(=O)C[C@H](NC(=O)[C@@H]1C[C@@H](OC(C)(C)C)CN1C(=O)[C@@H](NC(=O)OC(C)(C)C)C(C)(C)CO)c1ccc(-c2scnc2C)cc1. The van der Waals surface area contributed by atoms with Crippen LogP contribution in [-0.4, -0.2) is 88.5 Å². The summed E-state index contributed by atoms with van der Waals surface area (Å²) in [6.07, 6.45) is -1.27. The zero-order chi connectivity index (χ0) is 35.3. The molecule has 12 nitrogen and oxygen atoms in total. The van der Waals surface area contributed by atoms with E-state index in [0.717, 1.165) is 16.1 Å². The van der Waals surface area contributed by atoms with E-state index in [2.05, 4.69) is 15.6 Å². The van der Waals surface area contributed by atoms with Crippen LogP contribution in [0.4, 0.5) is 4.79 Å². The molecule has 3 rings (SSSR count). The van der Waals surface area contributed by atoms with Crippen molar-refractivity contribution in [3.05, 3.63) is 41.0 Å². The summed E-state index contributed by atoms with van der Waals surface area (Å²) >= 11 is 1.52. The molecule has 0 radical (unpaired) electrons. The van der Waals surface area contributed by atoms with E-state index in [4.69, 9.17) is 14.2 Å². The van der Waals surface area contributed by atoms with Gasteiger partial charge in [-0.05, 0) is 59.6 Å². The number of aromatic nitrogens is 1. The number of hydrogen-bond acceptors (Lipinski definition) is 10. The van der Waals surface area contributed by atoms with Gasteiger partial charge in [0.2, 0.25) is 11.8 Å². The summed E-state index contributed by atoms with van der Waals surface area (Å²) in [5.74, 6) is -1.58. The van der Waals surface area contributed by atoms with E-state index >= 15 is 0 Å². The number of amides is 3. The summed E-state index contributed by atoms with van der Waals surface area (Å²) in [5, 5.41) is 15.8. The molecule has 1 aromatic carbocycles. The van der Waals surface area contributed by atoms with E-state index < -0.39 is 71.3 Å². The Bertz CT molecular complexity index is 1410. The van der Waals surface area contributed by atoms with Crippen LogP contribution in [0.5, 0.6) is 0 Å². The molecule has 0 spiro atoms. The lowest BCUT2D eigenvalue weighted by molar-refractivity contribution is -0.144. The molecular formula is C34H50N4O8S. The van der Waals surface area contributed by atoms with Gasteiger partial charge in [0.1, 0.15) is 17.7 Å². The molecule has 0 aliphatic carbocycles. The average Bonchev–Trinajstić information content (AvgIpc) is 3.59. The summed E-state index contributed by atoms with van der Waals surface area (Å²) in [7, 11) is 1.28. The Kier molecular flexibility index (Phi) is 12.2. The van der Waals surface area contributed by atoms with Gasteiger partial charge in [0.15, 0.2) is 0 Å². The number of benzene rings is 1. The van der Waals surface area contributed by atoms with Gasteiger partial charge in [-0.15, -0.1) is 11.3 Å². The number of aliphatic hydroxyl groups excluding tert-OH is 1. The normalized spacial score (nSPS) is 18.3. The fraction of sp³-hybridized carbons (Fsp3) is 0.618. The predicted octanol–water partition coefficient (Wildman–Crippen LogP) is 4.54. The highest BCUT2D eigenvalue weighted by atomic mass is 32.1. The largest absolute Gasteiger partial charge is 0.469 e. The van der Waals surface area contributed by atoms with Crippen molar-refractivity contribution in [3.8, 4) is 10.4 Å². The summed E-state index contributed by atoms with van der Waals surface area (Å²) in [4.78, 5) is 60.4. The zero-order valence-corrected chi connectivity index (χ0v) is 29.9. The number of ether oxygens (including phenoxy) is 3. The fourth-order valence-electron chi connectivity index (χ4n) is 5.36. The number of nitrogens with one attached hydrogen (secondary N) is 2. The van der Waals surface area contributed by atoms with Crippen LogP contribution >= 0.6 is 11.3 Å². The van der Waals surface area contributed by atoms with Crippen LogP contribution in [-0.2, 0) is 28.6 Å². The van der Waals surface area contributed by atoms with Crippen molar-refractivity contribution >= 4 is 35.2 Å². The molecule has 1 aliphatic rings. The Morgan fingerprint density at radius 3 is 2.17 bits per heavy atom. The average molecular weight is 675 g/mol. The van der Waals surface area contributed by atoms with Gasteiger partial charge in [0.25, 0.3) is 0 Å². The first-order valence-corrected chi connectivity index (χ1v) is 16.6. The topological polar surface area (TPSA) is 156 Å². The van der Waals surface area contributed by atoms with Crippen LogP contribution in [0.1, 0.15) is 85.5 Å². The van der Waals surface area contributed by atoms with Crippen molar-refractivity contribution in [2.24, 2.45) is 5.41 Å². The van der Waals surface area contributed by atoms with Crippen molar-refractivity contribution in [1.29, 1.82) is 0 Å². The minimum atomic E-state index is -1.22. The second kappa shape index (κ2) is 15.1. The molecule has 1 aromatic heterocycles. The maximum Gasteiger partial charge on any atom is 0.408 e. The van der Waals surface area contributed by atoms with Crippen molar-refractivity contribution in [2.75, 3.05) is 20.3 Å². The first-order valence-electron chi connectivity index (χ1n) is 15.7. The molecule has 1 aliphatic heterocycles. The number of aryl methyl sites for hydroxylation is 1. The van der Waals surface area contributed by atoms with E-state index in [9.17, 15) is 24.3 Å². The van der Waals surface area contributed by atoms with E-state index in [-0.39, 0.29) is 19.4 Å². The highest BCUT2D eigenvalue weighted by Gasteiger charge is 2.47. The Labute approximate surface area is 281 Å². The molecule has 1 saturated heterocycles. The highest BCUT2D eigenvalue weighted by molar-refractivity contribution is 7.13. The van der Waals surface area contributed by atoms with E-state index in [1.807, 2.05) is 52.0 Å². The van der Waals surface area contributed by atoms with Crippen LogP contribution in [0.25, 0.3) is 10.4 Å². The van der Waals surface area contributed by atoms with Gasteiger partial charge >= 0.3 is 12.1 Å². The molecule has 13 heteroatoms. The molecule has 260 valence electrons. The molecule has 3 N–H and O–H groups in total. The van der Waals surface area contributed by atoms with Crippen molar-refractivity contribution in [1.82, 2.24) is 20.5 Å².